The highest BCUT2D eigenvalue weighted by Crippen LogP contribution is 2.41. The number of amides is 2. The quantitative estimate of drug-likeness (QED) is 0.560. The lowest BCUT2D eigenvalue weighted by molar-refractivity contribution is -0.143. The third kappa shape index (κ3) is 6.04. The first-order chi connectivity index (χ1) is 16.8. The van der Waals surface area contributed by atoms with Crippen LogP contribution in [0.25, 0.3) is 0 Å². The molecule has 1 unspecified atom stereocenters. The van der Waals surface area contributed by atoms with Crippen molar-refractivity contribution in [3.8, 4) is 0 Å². The predicted octanol–water partition coefficient (Wildman–Crippen LogP) is 3.41. The Morgan fingerprint density at radius 1 is 1.11 bits per heavy atom. The number of alkyl carbamates (subject to hydrolysis) is 1. The zero-order valence-corrected chi connectivity index (χ0v) is 21.9. The van der Waals surface area contributed by atoms with Gasteiger partial charge < -0.3 is 14.8 Å². The lowest BCUT2D eigenvalue weighted by atomic mass is 9.97. The average Bonchev–Trinajstić information content (AvgIpc) is 3.05. The topological polar surface area (TPSA) is 119 Å². The standard InChI is InChI=1S/C26H32N2O7S/c1-17-13-19(11-12-20(17)22-15-23(29)28(26(2,3)4)36(22,32)33)14-21(24(30)34-5)27-25(31)35-16-18-9-7-6-8-10-18/h6-13,21-22H,14-16H2,1-5H3,(H,27,31)/t21-,22?/m0/s1. The third-order valence-corrected chi connectivity index (χ3v) is 8.32. The summed E-state index contributed by atoms with van der Waals surface area (Å²) in [6.07, 6.45) is -0.779. The number of methoxy groups -OCH3 is 1. The summed E-state index contributed by atoms with van der Waals surface area (Å²) < 4.78 is 37.3. The summed E-state index contributed by atoms with van der Waals surface area (Å²) in [6.45, 7) is 6.87. The van der Waals surface area contributed by atoms with E-state index in [-0.39, 0.29) is 19.4 Å². The molecule has 9 nitrogen and oxygen atoms in total. The molecule has 1 aliphatic heterocycles. The number of benzene rings is 2. The van der Waals surface area contributed by atoms with Gasteiger partial charge in [-0.3, -0.25) is 4.79 Å². The molecule has 0 spiro atoms. The lowest BCUT2D eigenvalue weighted by Crippen LogP contribution is -2.45. The van der Waals surface area contributed by atoms with Gasteiger partial charge in [0.25, 0.3) is 0 Å². The maximum atomic E-state index is 13.2. The zero-order valence-electron chi connectivity index (χ0n) is 21.1. The van der Waals surface area contributed by atoms with Crippen LogP contribution in [-0.2, 0) is 42.1 Å². The molecule has 2 atom stereocenters. The Hall–Kier alpha value is -3.40. The molecule has 0 aliphatic carbocycles. The fourth-order valence-electron chi connectivity index (χ4n) is 4.35. The summed E-state index contributed by atoms with van der Waals surface area (Å²) in [5.74, 6) is -1.07. The van der Waals surface area contributed by atoms with Gasteiger partial charge in [-0.05, 0) is 49.9 Å². The van der Waals surface area contributed by atoms with Crippen LogP contribution >= 0.6 is 0 Å². The number of esters is 1. The van der Waals surface area contributed by atoms with Gasteiger partial charge in [0.2, 0.25) is 15.9 Å². The molecule has 0 bridgehead atoms. The Balaban J connectivity index is 1.74. The Labute approximate surface area is 211 Å². The first-order valence-electron chi connectivity index (χ1n) is 11.6. The van der Waals surface area contributed by atoms with Crippen molar-refractivity contribution in [1.29, 1.82) is 0 Å². The van der Waals surface area contributed by atoms with Gasteiger partial charge in [-0.2, -0.15) is 0 Å². The second kappa shape index (κ2) is 10.7. The summed E-state index contributed by atoms with van der Waals surface area (Å²) in [6, 6.07) is 13.2. The van der Waals surface area contributed by atoms with Gasteiger partial charge in [0.1, 0.15) is 17.9 Å². The third-order valence-electron chi connectivity index (χ3n) is 5.92. The van der Waals surface area contributed by atoms with E-state index >= 15 is 0 Å². The van der Waals surface area contributed by atoms with E-state index in [0.717, 1.165) is 9.87 Å². The Morgan fingerprint density at radius 3 is 2.33 bits per heavy atom. The Kier molecular flexibility index (Phi) is 8.08. The molecule has 2 aromatic carbocycles. The van der Waals surface area contributed by atoms with Crippen molar-refractivity contribution < 1.29 is 32.3 Å². The van der Waals surface area contributed by atoms with E-state index in [1.54, 1.807) is 45.9 Å². The van der Waals surface area contributed by atoms with Gasteiger partial charge in [0, 0.05) is 6.42 Å². The first kappa shape index (κ1) is 27.2. The second-order valence-corrected chi connectivity index (χ2v) is 11.7. The van der Waals surface area contributed by atoms with Crippen LogP contribution in [0.4, 0.5) is 4.79 Å². The van der Waals surface area contributed by atoms with E-state index in [1.165, 1.54) is 7.11 Å². The highest BCUT2D eigenvalue weighted by molar-refractivity contribution is 7.90. The van der Waals surface area contributed by atoms with Crippen LogP contribution in [0.2, 0.25) is 0 Å². The molecule has 36 heavy (non-hydrogen) atoms. The molecule has 1 N–H and O–H groups in total. The van der Waals surface area contributed by atoms with Crippen molar-refractivity contribution in [1.82, 2.24) is 9.62 Å². The van der Waals surface area contributed by atoms with E-state index in [0.29, 0.717) is 16.7 Å². The SMILES string of the molecule is COC(=O)[C@H](Cc1ccc(C2CC(=O)N(C(C)(C)C)S2(=O)=O)c(C)c1)NC(=O)OCc1ccccc1. The number of hydrogen-bond acceptors (Lipinski definition) is 7. The maximum Gasteiger partial charge on any atom is 0.408 e. The fourth-order valence-corrected chi connectivity index (χ4v) is 6.66. The Bertz CT molecular complexity index is 1240. The summed E-state index contributed by atoms with van der Waals surface area (Å²) in [7, 11) is -2.65. The maximum absolute atomic E-state index is 13.2. The van der Waals surface area contributed by atoms with Crippen molar-refractivity contribution in [2.75, 3.05) is 7.11 Å². The van der Waals surface area contributed by atoms with Gasteiger partial charge in [0.15, 0.2) is 0 Å². The highest BCUT2D eigenvalue weighted by Gasteiger charge is 2.50. The van der Waals surface area contributed by atoms with Crippen molar-refractivity contribution >= 4 is 28.0 Å². The van der Waals surface area contributed by atoms with Gasteiger partial charge in [0.05, 0.1) is 19.1 Å². The molecule has 1 heterocycles. The van der Waals surface area contributed by atoms with Crippen molar-refractivity contribution in [3.05, 3.63) is 70.8 Å². The van der Waals surface area contributed by atoms with Gasteiger partial charge >= 0.3 is 12.1 Å². The van der Waals surface area contributed by atoms with Crippen molar-refractivity contribution in [3.63, 3.8) is 0 Å². The first-order valence-corrected chi connectivity index (χ1v) is 13.1. The number of carbonyl (C=O) groups excluding carboxylic acids is 3. The van der Waals surface area contributed by atoms with Gasteiger partial charge in [-0.15, -0.1) is 0 Å². The van der Waals surface area contributed by atoms with Crippen LogP contribution in [0.15, 0.2) is 48.5 Å². The van der Waals surface area contributed by atoms with E-state index in [2.05, 4.69) is 5.32 Å². The molecule has 1 fully saturated rings. The smallest absolute Gasteiger partial charge is 0.408 e. The fraction of sp³-hybridized carbons (Fsp3) is 0.423. The minimum absolute atomic E-state index is 0.0501. The molecular weight excluding hydrogens is 484 g/mol. The van der Waals surface area contributed by atoms with Crippen LogP contribution in [0.1, 0.15) is 54.7 Å². The lowest BCUT2D eigenvalue weighted by Gasteiger charge is -2.31. The number of rotatable bonds is 7. The van der Waals surface area contributed by atoms with Crippen molar-refractivity contribution in [2.45, 2.75) is 64.0 Å². The molecule has 10 heteroatoms. The summed E-state index contributed by atoms with van der Waals surface area (Å²) >= 11 is 0. The zero-order chi connectivity index (χ0) is 26.7. The van der Waals surface area contributed by atoms with Crippen LogP contribution in [0, 0.1) is 6.92 Å². The Morgan fingerprint density at radius 2 is 1.78 bits per heavy atom. The molecule has 0 saturated carbocycles. The molecule has 2 amide bonds. The minimum Gasteiger partial charge on any atom is -0.467 e. The van der Waals surface area contributed by atoms with Crippen LogP contribution in [0.5, 0.6) is 0 Å². The van der Waals surface area contributed by atoms with Crippen LogP contribution < -0.4 is 5.32 Å². The number of sulfonamides is 1. The molecule has 194 valence electrons. The van der Waals surface area contributed by atoms with Gasteiger partial charge in [-0.25, -0.2) is 22.3 Å². The number of aryl methyl sites for hydroxylation is 1. The molecular formula is C26H32N2O7S. The number of nitrogens with zero attached hydrogens (tertiary/aromatic N) is 1. The van der Waals surface area contributed by atoms with Crippen LogP contribution in [0.3, 0.4) is 0 Å². The van der Waals surface area contributed by atoms with Crippen LogP contribution in [-0.4, -0.2) is 49.4 Å². The van der Waals surface area contributed by atoms with Gasteiger partial charge in [-0.1, -0.05) is 48.5 Å². The van der Waals surface area contributed by atoms with E-state index in [1.807, 2.05) is 30.3 Å². The molecule has 3 rings (SSSR count). The second-order valence-electron chi connectivity index (χ2n) is 9.74. The number of ether oxygens (including phenoxy) is 2. The monoisotopic (exact) mass is 516 g/mol. The highest BCUT2D eigenvalue weighted by atomic mass is 32.2. The minimum atomic E-state index is -3.87. The molecule has 0 aromatic heterocycles. The number of nitrogens with one attached hydrogen (secondary N) is 1. The summed E-state index contributed by atoms with van der Waals surface area (Å²) in [5, 5.41) is 1.56. The average molecular weight is 517 g/mol. The molecule has 2 aromatic rings. The summed E-state index contributed by atoms with van der Waals surface area (Å²) in [4.78, 5) is 37.2. The normalized spacial score (nSPS) is 18.0. The van der Waals surface area contributed by atoms with E-state index < -0.39 is 44.8 Å². The molecule has 1 saturated heterocycles. The predicted molar refractivity (Wildman–Crippen MR) is 133 cm³/mol. The van der Waals surface area contributed by atoms with E-state index in [9.17, 15) is 22.8 Å². The van der Waals surface area contributed by atoms with E-state index in [4.69, 9.17) is 9.47 Å². The summed E-state index contributed by atoms with van der Waals surface area (Å²) in [5.41, 5.74) is 1.83. The van der Waals surface area contributed by atoms with Crippen molar-refractivity contribution in [2.24, 2.45) is 0 Å². The number of carbonyl (C=O) groups is 3. The molecule has 0 radical (unpaired) electrons. The molecule has 1 aliphatic rings. The number of hydrogen-bond donors (Lipinski definition) is 1. The largest absolute Gasteiger partial charge is 0.467 e.